The molecule has 24 heavy (non-hydrogen) atoms. The SMILES string of the molecule is CN(Cc1ccc2[nH]c(-c3ccnc4nc[nH]c34)cc2c1)C1CC1. The summed E-state index contributed by atoms with van der Waals surface area (Å²) >= 11 is 0. The van der Waals surface area contributed by atoms with E-state index in [4.69, 9.17) is 0 Å². The Morgan fingerprint density at radius 2 is 2.08 bits per heavy atom. The van der Waals surface area contributed by atoms with Crippen molar-refractivity contribution in [1.29, 1.82) is 0 Å². The third-order valence-electron chi connectivity index (χ3n) is 4.90. The van der Waals surface area contributed by atoms with Crippen molar-refractivity contribution in [2.45, 2.75) is 25.4 Å². The summed E-state index contributed by atoms with van der Waals surface area (Å²) in [6, 6.07) is 11.7. The summed E-state index contributed by atoms with van der Waals surface area (Å²) < 4.78 is 0. The molecule has 1 aliphatic rings. The first-order valence-electron chi connectivity index (χ1n) is 8.38. The van der Waals surface area contributed by atoms with Gasteiger partial charge in [-0.15, -0.1) is 0 Å². The van der Waals surface area contributed by atoms with E-state index >= 15 is 0 Å². The Morgan fingerprint density at radius 3 is 2.96 bits per heavy atom. The normalized spacial score (nSPS) is 14.9. The molecule has 0 amide bonds. The smallest absolute Gasteiger partial charge is 0.178 e. The van der Waals surface area contributed by atoms with Gasteiger partial charge in [0.2, 0.25) is 0 Å². The van der Waals surface area contributed by atoms with Gasteiger partial charge in [-0.05, 0) is 49.7 Å². The van der Waals surface area contributed by atoms with Gasteiger partial charge in [0.25, 0.3) is 0 Å². The first kappa shape index (κ1) is 13.7. The average Bonchev–Trinajstić information content (AvgIpc) is 3.18. The minimum Gasteiger partial charge on any atom is -0.354 e. The molecule has 0 saturated heterocycles. The van der Waals surface area contributed by atoms with Crippen molar-refractivity contribution in [3.05, 3.63) is 48.4 Å². The van der Waals surface area contributed by atoms with Crippen LogP contribution in [-0.4, -0.2) is 37.9 Å². The van der Waals surface area contributed by atoms with Crippen LogP contribution in [0.3, 0.4) is 0 Å². The maximum absolute atomic E-state index is 4.29. The number of nitrogens with one attached hydrogen (secondary N) is 2. The lowest BCUT2D eigenvalue weighted by Crippen LogP contribution is -2.19. The molecule has 0 bridgehead atoms. The van der Waals surface area contributed by atoms with Crippen molar-refractivity contribution < 1.29 is 0 Å². The Morgan fingerprint density at radius 1 is 1.17 bits per heavy atom. The van der Waals surface area contributed by atoms with E-state index in [-0.39, 0.29) is 0 Å². The lowest BCUT2D eigenvalue weighted by molar-refractivity contribution is 0.316. The molecule has 1 saturated carbocycles. The second-order valence-corrected chi connectivity index (χ2v) is 6.71. The van der Waals surface area contributed by atoms with Crippen LogP contribution in [0.1, 0.15) is 18.4 Å². The van der Waals surface area contributed by atoms with E-state index in [9.17, 15) is 0 Å². The fourth-order valence-electron chi connectivity index (χ4n) is 3.43. The van der Waals surface area contributed by atoms with E-state index in [0.717, 1.165) is 40.5 Å². The predicted octanol–water partition coefficient (Wildman–Crippen LogP) is 3.70. The molecular formula is C19H19N5. The van der Waals surface area contributed by atoms with Crippen molar-refractivity contribution in [1.82, 2.24) is 24.8 Å². The lowest BCUT2D eigenvalue weighted by Gasteiger charge is -2.15. The summed E-state index contributed by atoms with van der Waals surface area (Å²) in [4.78, 5) is 17.7. The molecule has 5 rings (SSSR count). The molecular weight excluding hydrogens is 298 g/mol. The molecule has 1 aromatic carbocycles. The quantitative estimate of drug-likeness (QED) is 0.603. The van der Waals surface area contributed by atoms with Gasteiger partial charge < -0.3 is 9.97 Å². The minimum absolute atomic E-state index is 0.748. The molecule has 1 aliphatic carbocycles. The van der Waals surface area contributed by atoms with Gasteiger partial charge in [-0.1, -0.05) is 6.07 Å². The zero-order valence-electron chi connectivity index (χ0n) is 13.6. The number of imidazole rings is 1. The molecule has 4 aromatic rings. The molecule has 120 valence electrons. The van der Waals surface area contributed by atoms with Gasteiger partial charge in [-0.3, -0.25) is 4.90 Å². The Kier molecular flexibility index (Phi) is 2.97. The fourth-order valence-corrected chi connectivity index (χ4v) is 3.43. The fraction of sp³-hybridized carbons (Fsp3) is 0.263. The van der Waals surface area contributed by atoms with Crippen LogP contribution in [-0.2, 0) is 6.54 Å². The molecule has 5 heteroatoms. The van der Waals surface area contributed by atoms with Crippen LogP contribution in [0.2, 0.25) is 0 Å². The summed E-state index contributed by atoms with van der Waals surface area (Å²) in [6.45, 7) is 1.02. The number of hydrogen-bond donors (Lipinski definition) is 2. The topological polar surface area (TPSA) is 60.6 Å². The molecule has 2 N–H and O–H groups in total. The number of nitrogens with zero attached hydrogens (tertiary/aromatic N) is 3. The second-order valence-electron chi connectivity index (χ2n) is 6.71. The van der Waals surface area contributed by atoms with Crippen molar-refractivity contribution in [2.24, 2.45) is 0 Å². The van der Waals surface area contributed by atoms with Crippen LogP contribution in [0.4, 0.5) is 0 Å². The van der Waals surface area contributed by atoms with Gasteiger partial charge in [0, 0.05) is 40.9 Å². The zero-order valence-corrected chi connectivity index (χ0v) is 13.6. The number of fused-ring (bicyclic) bond motifs is 2. The van der Waals surface area contributed by atoms with Crippen molar-refractivity contribution >= 4 is 22.1 Å². The van der Waals surface area contributed by atoms with Gasteiger partial charge in [-0.2, -0.15) is 0 Å². The van der Waals surface area contributed by atoms with Gasteiger partial charge >= 0.3 is 0 Å². The number of rotatable bonds is 4. The number of aromatic nitrogens is 4. The maximum Gasteiger partial charge on any atom is 0.178 e. The van der Waals surface area contributed by atoms with E-state index < -0.39 is 0 Å². The third kappa shape index (κ3) is 2.29. The van der Waals surface area contributed by atoms with Crippen molar-refractivity contribution in [3.63, 3.8) is 0 Å². The highest BCUT2D eigenvalue weighted by molar-refractivity contribution is 5.93. The van der Waals surface area contributed by atoms with Gasteiger partial charge in [0.15, 0.2) is 5.65 Å². The van der Waals surface area contributed by atoms with Crippen LogP contribution < -0.4 is 0 Å². The third-order valence-corrected chi connectivity index (χ3v) is 4.90. The van der Waals surface area contributed by atoms with Gasteiger partial charge in [0.1, 0.15) is 0 Å². The first-order valence-corrected chi connectivity index (χ1v) is 8.38. The second kappa shape index (κ2) is 5.18. The van der Waals surface area contributed by atoms with Crippen molar-refractivity contribution in [3.8, 4) is 11.3 Å². The van der Waals surface area contributed by atoms with Gasteiger partial charge in [0.05, 0.1) is 11.8 Å². The summed E-state index contributed by atoms with van der Waals surface area (Å²) in [5, 5.41) is 1.25. The summed E-state index contributed by atoms with van der Waals surface area (Å²) in [5.41, 5.74) is 6.44. The average molecular weight is 317 g/mol. The van der Waals surface area contributed by atoms with E-state index in [2.05, 4.69) is 56.1 Å². The minimum atomic E-state index is 0.748. The molecule has 1 fully saturated rings. The zero-order chi connectivity index (χ0) is 16.1. The van der Waals surface area contributed by atoms with Gasteiger partial charge in [-0.25, -0.2) is 9.97 Å². The number of hydrogen-bond acceptors (Lipinski definition) is 3. The summed E-state index contributed by atoms with van der Waals surface area (Å²) in [5.74, 6) is 0. The Balaban J connectivity index is 1.54. The van der Waals surface area contributed by atoms with E-state index in [1.54, 1.807) is 12.5 Å². The Labute approximate surface area is 139 Å². The molecule has 0 aliphatic heterocycles. The maximum atomic E-state index is 4.29. The molecule has 3 aromatic heterocycles. The van der Waals surface area contributed by atoms with E-state index in [1.165, 1.54) is 23.8 Å². The highest BCUT2D eigenvalue weighted by Gasteiger charge is 2.25. The van der Waals surface area contributed by atoms with Crippen molar-refractivity contribution in [2.75, 3.05) is 7.05 Å². The monoisotopic (exact) mass is 317 g/mol. The summed E-state index contributed by atoms with van der Waals surface area (Å²) in [7, 11) is 2.22. The van der Waals surface area contributed by atoms with Crippen LogP contribution in [0.5, 0.6) is 0 Å². The largest absolute Gasteiger partial charge is 0.354 e. The summed E-state index contributed by atoms with van der Waals surface area (Å²) in [6.07, 6.45) is 6.18. The highest BCUT2D eigenvalue weighted by atomic mass is 15.1. The highest BCUT2D eigenvalue weighted by Crippen LogP contribution is 2.30. The lowest BCUT2D eigenvalue weighted by atomic mass is 10.1. The predicted molar refractivity (Wildman–Crippen MR) is 95.7 cm³/mol. The number of aromatic amines is 2. The first-order chi connectivity index (χ1) is 11.8. The van der Waals surface area contributed by atoms with Crippen LogP contribution in [0, 0.1) is 0 Å². The number of pyridine rings is 1. The van der Waals surface area contributed by atoms with E-state index in [1.807, 2.05) is 6.07 Å². The molecule has 5 nitrogen and oxygen atoms in total. The van der Waals surface area contributed by atoms with E-state index in [0.29, 0.717) is 0 Å². The van der Waals surface area contributed by atoms with Crippen LogP contribution in [0.25, 0.3) is 33.3 Å². The van der Waals surface area contributed by atoms with Crippen LogP contribution >= 0.6 is 0 Å². The molecule has 0 unspecified atom stereocenters. The molecule has 0 spiro atoms. The van der Waals surface area contributed by atoms with Crippen LogP contribution in [0.15, 0.2) is 42.9 Å². The Hall–Kier alpha value is -2.66. The molecule has 3 heterocycles. The standard InChI is InChI=1S/C19H19N5/c1-24(14-3-4-14)10-12-2-5-16-13(8-12)9-17(23-16)15-6-7-20-19-18(15)21-11-22-19/h2,5-9,11,14,23H,3-4,10H2,1H3,(H,20,21,22). The molecule has 0 atom stereocenters. The number of H-pyrrole nitrogens is 2. The Bertz CT molecular complexity index is 1020. The number of benzene rings is 1. The molecule has 0 radical (unpaired) electrons.